The van der Waals surface area contributed by atoms with Crippen LogP contribution >= 0.6 is 0 Å². The van der Waals surface area contributed by atoms with E-state index in [-0.39, 0.29) is 11.5 Å². The van der Waals surface area contributed by atoms with Crippen molar-refractivity contribution in [2.75, 3.05) is 13.1 Å². The first kappa shape index (κ1) is 14.9. The lowest BCUT2D eigenvalue weighted by molar-refractivity contribution is 0.0170. The lowest BCUT2D eigenvalue weighted by atomic mass is 9.78. The molecule has 1 amide bonds. The van der Waals surface area contributed by atoms with E-state index in [1.54, 1.807) is 4.90 Å². The minimum atomic E-state index is -0.432. The highest BCUT2D eigenvalue weighted by atomic mass is 16.6. The Hall–Kier alpha value is -1.52. The maximum absolute atomic E-state index is 12.0. The number of likely N-dealkylation sites (tertiary alicyclic amines) is 1. The van der Waals surface area contributed by atoms with Gasteiger partial charge in [0, 0.05) is 31.7 Å². The summed E-state index contributed by atoms with van der Waals surface area (Å²) in [6.45, 7) is 9.36. The second kappa shape index (κ2) is 5.11. The monoisotopic (exact) mass is 279 g/mol. The molecule has 2 rings (SSSR count). The van der Waals surface area contributed by atoms with Gasteiger partial charge in [-0.05, 0) is 39.7 Å². The highest BCUT2D eigenvalue weighted by molar-refractivity contribution is 5.68. The van der Waals surface area contributed by atoms with Crippen molar-refractivity contribution in [3.63, 3.8) is 0 Å². The quantitative estimate of drug-likeness (QED) is 0.794. The van der Waals surface area contributed by atoms with Crippen LogP contribution in [0.5, 0.6) is 0 Å². The molecule has 0 bridgehead atoms. The van der Waals surface area contributed by atoms with E-state index in [9.17, 15) is 4.79 Å². The average molecular weight is 279 g/mol. The Morgan fingerprint density at radius 2 is 1.95 bits per heavy atom. The van der Waals surface area contributed by atoms with Crippen LogP contribution in [0, 0.1) is 0 Å². The Morgan fingerprint density at radius 3 is 2.40 bits per heavy atom. The van der Waals surface area contributed by atoms with E-state index < -0.39 is 5.60 Å². The number of aryl methyl sites for hydroxylation is 1. The molecular formula is C15H25N3O2. The minimum Gasteiger partial charge on any atom is -0.444 e. The molecule has 2 heterocycles. The van der Waals surface area contributed by atoms with Crippen molar-refractivity contribution in [2.45, 2.75) is 51.6 Å². The smallest absolute Gasteiger partial charge is 0.410 e. The summed E-state index contributed by atoms with van der Waals surface area (Å²) in [5, 5.41) is 4.52. The highest BCUT2D eigenvalue weighted by Gasteiger charge is 2.36. The summed E-state index contributed by atoms with van der Waals surface area (Å²) in [5.41, 5.74) is 0.738. The van der Waals surface area contributed by atoms with Crippen molar-refractivity contribution in [3.05, 3.63) is 18.0 Å². The number of piperidine rings is 1. The second-order valence-corrected chi connectivity index (χ2v) is 6.90. The van der Waals surface area contributed by atoms with Crippen LogP contribution < -0.4 is 0 Å². The summed E-state index contributed by atoms with van der Waals surface area (Å²) < 4.78 is 7.26. The Morgan fingerprint density at radius 1 is 1.35 bits per heavy atom. The molecule has 0 saturated carbocycles. The van der Waals surface area contributed by atoms with Gasteiger partial charge in [-0.2, -0.15) is 5.10 Å². The predicted octanol–water partition coefficient (Wildman–Crippen LogP) is 2.71. The number of rotatable bonds is 1. The van der Waals surface area contributed by atoms with Crippen molar-refractivity contribution in [3.8, 4) is 0 Å². The van der Waals surface area contributed by atoms with Crippen LogP contribution in [0.4, 0.5) is 4.79 Å². The number of nitrogens with zero attached hydrogens (tertiary/aromatic N) is 3. The van der Waals surface area contributed by atoms with Crippen LogP contribution in [0.15, 0.2) is 12.3 Å². The molecule has 1 aromatic heterocycles. The summed E-state index contributed by atoms with van der Waals surface area (Å²) in [7, 11) is 1.93. The van der Waals surface area contributed by atoms with Crippen molar-refractivity contribution in [1.29, 1.82) is 0 Å². The van der Waals surface area contributed by atoms with Gasteiger partial charge in [0.1, 0.15) is 5.60 Å². The van der Waals surface area contributed by atoms with E-state index in [4.69, 9.17) is 4.74 Å². The lowest BCUT2D eigenvalue weighted by Gasteiger charge is -2.38. The Labute approximate surface area is 120 Å². The summed E-state index contributed by atoms with van der Waals surface area (Å²) in [6, 6.07) is 2.07. The van der Waals surface area contributed by atoms with E-state index in [1.165, 1.54) is 0 Å². The van der Waals surface area contributed by atoms with Gasteiger partial charge in [-0.1, -0.05) is 6.92 Å². The Bertz CT molecular complexity index is 480. The summed E-state index contributed by atoms with van der Waals surface area (Å²) in [5.74, 6) is 0. The fraction of sp³-hybridized carbons (Fsp3) is 0.733. The van der Waals surface area contributed by atoms with Gasteiger partial charge in [-0.3, -0.25) is 4.68 Å². The molecule has 0 atom stereocenters. The van der Waals surface area contributed by atoms with Crippen molar-refractivity contribution < 1.29 is 9.53 Å². The summed E-state index contributed by atoms with van der Waals surface area (Å²) in [6.07, 6.45) is 3.61. The molecule has 1 aliphatic heterocycles. The second-order valence-electron chi connectivity index (χ2n) is 6.90. The largest absolute Gasteiger partial charge is 0.444 e. The van der Waals surface area contributed by atoms with Gasteiger partial charge in [0.15, 0.2) is 0 Å². The number of amides is 1. The van der Waals surface area contributed by atoms with E-state index in [2.05, 4.69) is 18.1 Å². The number of ether oxygens (including phenoxy) is 1. The number of hydrogen-bond acceptors (Lipinski definition) is 3. The average Bonchev–Trinajstić information content (AvgIpc) is 2.75. The molecule has 1 saturated heterocycles. The van der Waals surface area contributed by atoms with Crippen LogP contribution in [0.3, 0.4) is 0 Å². The molecule has 0 aromatic carbocycles. The van der Waals surface area contributed by atoms with Crippen LogP contribution in [-0.4, -0.2) is 39.5 Å². The first-order chi connectivity index (χ1) is 9.20. The van der Waals surface area contributed by atoms with Gasteiger partial charge < -0.3 is 9.64 Å². The zero-order valence-corrected chi connectivity index (χ0v) is 13.1. The summed E-state index contributed by atoms with van der Waals surface area (Å²) >= 11 is 0. The molecule has 0 N–H and O–H groups in total. The summed E-state index contributed by atoms with van der Waals surface area (Å²) in [4.78, 5) is 13.9. The lowest BCUT2D eigenvalue weighted by Crippen LogP contribution is -2.46. The number of hydrogen-bond donors (Lipinski definition) is 0. The molecule has 0 spiro atoms. The maximum Gasteiger partial charge on any atom is 0.410 e. The van der Waals surface area contributed by atoms with Crippen molar-refractivity contribution >= 4 is 6.09 Å². The molecule has 5 nitrogen and oxygen atoms in total. The minimum absolute atomic E-state index is 0.0553. The zero-order chi connectivity index (χ0) is 15.0. The van der Waals surface area contributed by atoms with Crippen LogP contribution in [0.1, 0.15) is 46.2 Å². The molecule has 0 unspecified atom stereocenters. The third-order valence-corrected chi connectivity index (χ3v) is 3.85. The SMILES string of the molecule is Cn1ccc(C2(C)CCN(C(=O)OC(C)(C)C)CC2)n1. The van der Waals surface area contributed by atoms with Crippen molar-refractivity contribution in [1.82, 2.24) is 14.7 Å². The Balaban J connectivity index is 1.97. The molecule has 1 fully saturated rings. The highest BCUT2D eigenvalue weighted by Crippen LogP contribution is 2.34. The van der Waals surface area contributed by atoms with Crippen LogP contribution in [-0.2, 0) is 17.2 Å². The third kappa shape index (κ3) is 3.32. The van der Waals surface area contributed by atoms with Gasteiger partial charge in [0.05, 0.1) is 5.69 Å². The van der Waals surface area contributed by atoms with Gasteiger partial charge in [-0.15, -0.1) is 0 Å². The first-order valence-corrected chi connectivity index (χ1v) is 7.18. The Kier molecular flexibility index (Phi) is 3.80. The van der Waals surface area contributed by atoms with Crippen molar-refractivity contribution in [2.24, 2.45) is 7.05 Å². The van der Waals surface area contributed by atoms with Gasteiger partial charge >= 0.3 is 6.09 Å². The maximum atomic E-state index is 12.0. The van der Waals surface area contributed by atoms with Gasteiger partial charge in [-0.25, -0.2) is 4.79 Å². The number of carbonyl (C=O) groups excluding carboxylic acids is 1. The fourth-order valence-electron chi connectivity index (χ4n) is 2.50. The third-order valence-electron chi connectivity index (χ3n) is 3.85. The molecule has 1 aromatic rings. The molecule has 5 heteroatoms. The first-order valence-electron chi connectivity index (χ1n) is 7.18. The van der Waals surface area contributed by atoms with Crippen LogP contribution in [0.25, 0.3) is 0 Å². The molecule has 0 radical (unpaired) electrons. The van der Waals surface area contributed by atoms with Crippen LogP contribution in [0.2, 0.25) is 0 Å². The normalized spacial score (nSPS) is 18.9. The van der Waals surface area contributed by atoms with E-state index in [0.29, 0.717) is 0 Å². The van der Waals surface area contributed by atoms with Gasteiger partial charge in [0.25, 0.3) is 0 Å². The number of aromatic nitrogens is 2. The molecule has 20 heavy (non-hydrogen) atoms. The standard InChI is InChI=1S/C15H25N3O2/c1-14(2,3)20-13(19)18-10-7-15(4,8-11-18)12-6-9-17(5)16-12/h6,9H,7-8,10-11H2,1-5H3. The molecule has 112 valence electrons. The molecule has 1 aliphatic rings. The molecular weight excluding hydrogens is 254 g/mol. The zero-order valence-electron chi connectivity index (χ0n) is 13.1. The van der Waals surface area contributed by atoms with Gasteiger partial charge in [0.2, 0.25) is 0 Å². The topological polar surface area (TPSA) is 47.4 Å². The van der Waals surface area contributed by atoms with E-state index in [0.717, 1.165) is 31.6 Å². The predicted molar refractivity (Wildman–Crippen MR) is 77.6 cm³/mol. The van der Waals surface area contributed by atoms with E-state index in [1.807, 2.05) is 38.7 Å². The van der Waals surface area contributed by atoms with E-state index >= 15 is 0 Å². The number of carbonyl (C=O) groups is 1. The fourth-order valence-corrected chi connectivity index (χ4v) is 2.50. The molecule has 0 aliphatic carbocycles.